The van der Waals surface area contributed by atoms with Gasteiger partial charge < -0.3 is 4.90 Å². The summed E-state index contributed by atoms with van der Waals surface area (Å²) in [7, 11) is -3.24. The molecule has 5 nitrogen and oxygen atoms in total. The van der Waals surface area contributed by atoms with Crippen LogP contribution < -0.4 is 9.62 Å². The molecule has 1 aromatic rings. The standard InChI is InChI=1S/C12H17BrN2O3S/c1-9-4-5-11(8-12(9)13)15(10(2)16)7-6-14-19(3,17)18/h4-5,8,14H,6-7H2,1-3H3. The Balaban J connectivity index is 2.83. The number of carbonyl (C=O) groups excluding carboxylic acids is 1. The zero-order valence-electron chi connectivity index (χ0n) is 11.1. The molecule has 0 atom stereocenters. The van der Waals surface area contributed by atoms with Crippen molar-refractivity contribution in [3.63, 3.8) is 0 Å². The second-order valence-electron chi connectivity index (χ2n) is 4.27. The summed E-state index contributed by atoms with van der Waals surface area (Å²) in [4.78, 5) is 13.2. The van der Waals surface area contributed by atoms with Crippen LogP contribution in [0.4, 0.5) is 5.69 Å². The zero-order valence-corrected chi connectivity index (χ0v) is 13.5. The number of carbonyl (C=O) groups is 1. The van der Waals surface area contributed by atoms with Gasteiger partial charge in [-0.25, -0.2) is 13.1 Å². The molecular formula is C12H17BrN2O3S. The van der Waals surface area contributed by atoms with E-state index in [2.05, 4.69) is 20.7 Å². The van der Waals surface area contributed by atoms with Crippen LogP contribution in [0, 0.1) is 6.92 Å². The molecule has 1 rings (SSSR count). The summed E-state index contributed by atoms with van der Waals surface area (Å²) in [6.07, 6.45) is 1.09. The third-order valence-electron chi connectivity index (χ3n) is 2.55. The fraction of sp³-hybridized carbons (Fsp3) is 0.417. The lowest BCUT2D eigenvalue weighted by molar-refractivity contribution is -0.116. The van der Waals surface area contributed by atoms with Gasteiger partial charge in [0.1, 0.15) is 0 Å². The van der Waals surface area contributed by atoms with Gasteiger partial charge in [-0.2, -0.15) is 0 Å². The Kier molecular flexibility index (Phi) is 5.51. The average molecular weight is 349 g/mol. The van der Waals surface area contributed by atoms with Crippen molar-refractivity contribution < 1.29 is 13.2 Å². The van der Waals surface area contributed by atoms with Gasteiger partial charge in [0.2, 0.25) is 15.9 Å². The zero-order chi connectivity index (χ0) is 14.6. The lowest BCUT2D eigenvalue weighted by Gasteiger charge is -2.21. The molecule has 7 heteroatoms. The van der Waals surface area contributed by atoms with Crippen LogP contribution in [0.3, 0.4) is 0 Å². The van der Waals surface area contributed by atoms with Crippen LogP contribution in [-0.2, 0) is 14.8 Å². The number of rotatable bonds is 5. The van der Waals surface area contributed by atoms with E-state index in [1.807, 2.05) is 25.1 Å². The van der Waals surface area contributed by atoms with Crippen LogP contribution in [0.2, 0.25) is 0 Å². The Labute approximate surface area is 122 Å². The molecule has 106 valence electrons. The first-order chi connectivity index (χ1) is 8.70. The van der Waals surface area contributed by atoms with E-state index in [4.69, 9.17) is 0 Å². The van der Waals surface area contributed by atoms with Crippen molar-refractivity contribution in [3.8, 4) is 0 Å². The number of amides is 1. The summed E-state index contributed by atoms with van der Waals surface area (Å²) in [5.74, 6) is -0.133. The maximum atomic E-state index is 11.6. The molecule has 0 saturated heterocycles. The molecule has 0 heterocycles. The van der Waals surface area contributed by atoms with Crippen LogP contribution in [0.15, 0.2) is 22.7 Å². The Morgan fingerprint density at radius 2 is 2.05 bits per heavy atom. The number of hydrogen-bond acceptors (Lipinski definition) is 3. The summed E-state index contributed by atoms with van der Waals surface area (Å²) >= 11 is 3.41. The highest BCUT2D eigenvalue weighted by molar-refractivity contribution is 9.10. The number of anilines is 1. The minimum Gasteiger partial charge on any atom is -0.311 e. The van der Waals surface area contributed by atoms with Gasteiger partial charge in [0.15, 0.2) is 0 Å². The van der Waals surface area contributed by atoms with Gasteiger partial charge in [-0.1, -0.05) is 22.0 Å². The van der Waals surface area contributed by atoms with Gasteiger partial charge in [0.05, 0.1) is 6.26 Å². The second-order valence-corrected chi connectivity index (χ2v) is 6.96. The quantitative estimate of drug-likeness (QED) is 0.879. The maximum Gasteiger partial charge on any atom is 0.223 e. The van der Waals surface area contributed by atoms with Crippen molar-refractivity contribution in [3.05, 3.63) is 28.2 Å². The second kappa shape index (κ2) is 6.49. The van der Waals surface area contributed by atoms with Gasteiger partial charge in [-0.3, -0.25) is 4.79 Å². The minimum absolute atomic E-state index is 0.133. The third-order valence-corrected chi connectivity index (χ3v) is 4.13. The van der Waals surface area contributed by atoms with Gasteiger partial charge in [0, 0.05) is 30.2 Å². The van der Waals surface area contributed by atoms with E-state index in [9.17, 15) is 13.2 Å². The Morgan fingerprint density at radius 3 is 2.53 bits per heavy atom. The first kappa shape index (κ1) is 16.1. The Hall–Kier alpha value is -0.920. The molecule has 1 N–H and O–H groups in total. The molecule has 0 fully saturated rings. The average Bonchev–Trinajstić information content (AvgIpc) is 2.26. The van der Waals surface area contributed by atoms with Gasteiger partial charge in [-0.15, -0.1) is 0 Å². The van der Waals surface area contributed by atoms with Crippen molar-refractivity contribution >= 4 is 37.5 Å². The molecule has 0 bridgehead atoms. The van der Waals surface area contributed by atoms with Crippen LogP contribution in [0.25, 0.3) is 0 Å². The fourth-order valence-electron chi connectivity index (χ4n) is 1.56. The summed E-state index contributed by atoms with van der Waals surface area (Å²) in [5, 5.41) is 0. The molecule has 1 aromatic carbocycles. The number of nitrogens with zero attached hydrogens (tertiary/aromatic N) is 1. The van der Waals surface area contributed by atoms with Crippen LogP contribution in [-0.4, -0.2) is 33.7 Å². The van der Waals surface area contributed by atoms with E-state index in [1.54, 1.807) is 0 Å². The fourth-order valence-corrected chi connectivity index (χ4v) is 2.39. The molecule has 0 aromatic heterocycles. The van der Waals surface area contributed by atoms with E-state index in [0.29, 0.717) is 0 Å². The number of hydrogen-bond donors (Lipinski definition) is 1. The highest BCUT2D eigenvalue weighted by Gasteiger charge is 2.13. The lowest BCUT2D eigenvalue weighted by Crippen LogP contribution is -2.37. The molecule has 0 unspecified atom stereocenters. The summed E-state index contributed by atoms with van der Waals surface area (Å²) in [6.45, 7) is 3.88. The van der Waals surface area contributed by atoms with Crippen molar-refractivity contribution in [1.29, 1.82) is 0 Å². The van der Waals surface area contributed by atoms with E-state index < -0.39 is 10.0 Å². The largest absolute Gasteiger partial charge is 0.311 e. The minimum atomic E-state index is -3.24. The molecule has 0 spiro atoms. The van der Waals surface area contributed by atoms with E-state index in [1.165, 1.54) is 11.8 Å². The van der Waals surface area contributed by atoms with Crippen molar-refractivity contribution in [2.45, 2.75) is 13.8 Å². The molecule has 0 radical (unpaired) electrons. The summed E-state index contributed by atoms with van der Waals surface area (Å²) in [5.41, 5.74) is 1.81. The van der Waals surface area contributed by atoms with Crippen molar-refractivity contribution in [2.75, 3.05) is 24.2 Å². The number of benzene rings is 1. The first-order valence-electron chi connectivity index (χ1n) is 5.69. The molecule has 0 aliphatic rings. The third kappa shape index (κ3) is 5.30. The van der Waals surface area contributed by atoms with Crippen LogP contribution in [0.5, 0.6) is 0 Å². The van der Waals surface area contributed by atoms with Gasteiger partial charge >= 0.3 is 0 Å². The highest BCUT2D eigenvalue weighted by atomic mass is 79.9. The normalized spacial score (nSPS) is 11.4. The predicted molar refractivity (Wildman–Crippen MR) is 79.8 cm³/mol. The predicted octanol–water partition coefficient (Wildman–Crippen LogP) is 1.66. The van der Waals surface area contributed by atoms with Crippen LogP contribution >= 0.6 is 15.9 Å². The topological polar surface area (TPSA) is 66.5 Å². The number of nitrogens with one attached hydrogen (secondary N) is 1. The molecule has 0 aliphatic carbocycles. The maximum absolute atomic E-state index is 11.6. The van der Waals surface area contributed by atoms with Crippen LogP contribution in [0.1, 0.15) is 12.5 Å². The van der Waals surface area contributed by atoms with E-state index >= 15 is 0 Å². The number of halogens is 1. The monoisotopic (exact) mass is 348 g/mol. The molecule has 0 aliphatic heterocycles. The molecular weight excluding hydrogens is 332 g/mol. The Bertz CT molecular complexity index is 572. The van der Waals surface area contributed by atoms with E-state index in [0.717, 1.165) is 22.0 Å². The molecule has 0 saturated carbocycles. The summed E-state index contributed by atoms with van der Waals surface area (Å²) < 4.78 is 25.3. The van der Waals surface area contributed by atoms with Crippen molar-refractivity contribution in [2.24, 2.45) is 0 Å². The van der Waals surface area contributed by atoms with E-state index in [-0.39, 0.29) is 19.0 Å². The number of aryl methyl sites for hydroxylation is 1. The first-order valence-corrected chi connectivity index (χ1v) is 8.38. The number of sulfonamides is 1. The smallest absolute Gasteiger partial charge is 0.223 e. The van der Waals surface area contributed by atoms with Crippen molar-refractivity contribution in [1.82, 2.24) is 4.72 Å². The summed E-state index contributed by atoms with van der Waals surface area (Å²) in [6, 6.07) is 5.58. The molecule has 19 heavy (non-hydrogen) atoms. The van der Waals surface area contributed by atoms with Gasteiger partial charge in [-0.05, 0) is 24.6 Å². The lowest BCUT2D eigenvalue weighted by atomic mass is 10.2. The SMILES string of the molecule is CC(=O)N(CCNS(C)(=O)=O)c1ccc(C)c(Br)c1. The highest BCUT2D eigenvalue weighted by Crippen LogP contribution is 2.23. The Morgan fingerprint density at radius 1 is 1.42 bits per heavy atom. The van der Waals surface area contributed by atoms with Gasteiger partial charge in [0.25, 0.3) is 0 Å². The molecule has 1 amide bonds.